The van der Waals surface area contributed by atoms with Gasteiger partial charge in [-0.2, -0.15) is 0 Å². The van der Waals surface area contributed by atoms with Crippen molar-refractivity contribution in [3.05, 3.63) is 29.8 Å². The first-order valence-corrected chi connectivity index (χ1v) is 6.79. The van der Waals surface area contributed by atoms with Gasteiger partial charge in [0.2, 0.25) is 5.91 Å². The number of carbonyl (C=O) groups excluding carboxylic acids is 2. The lowest BCUT2D eigenvalue weighted by molar-refractivity contribution is -0.115. The van der Waals surface area contributed by atoms with Crippen molar-refractivity contribution in [2.24, 2.45) is 0 Å². The Bertz CT molecular complexity index is 472. The minimum atomic E-state index is -0.149. The zero-order valence-corrected chi connectivity index (χ0v) is 12.6. The van der Waals surface area contributed by atoms with Gasteiger partial charge in [-0.1, -0.05) is 19.1 Å². The predicted molar refractivity (Wildman–Crippen MR) is 80.8 cm³/mol. The summed E-state index contributed by atoms with van der Waals surface area (Å²) < 4.78 is 0. The van der Waals surface area contributed by atoms with E-state index in [2.05, 4.69) is 17.6 Å². The maximum absolute atomic E-state index is 12.0. The summed E-state index contributed by atoms with van der Waals surface area (Å²) >= 11 is 0. The largest absolute Gasteiger partial charge is 0.345 e. The van der Waals surface area contributed by atoms with Crippen molar-refractivity contribution >= 4 is 17.5 Å². The van der Waals surface area contributed by atoms with Gasteiger partial charge in [0.1, 0.15) is 0 Å². The molecule has 0 aromatic heterocycles. The molecule has 2 amide bonds. The van der Waals surface area contributed by atoms with Crippen molar-refractivity contribution < 1.29 is 9.59 Å². The predicted octanol–water partition coefficient (Wildman–Crippen LogP) is 1.71. The van der Waals surface area contributed by atoms with Crippen LogP contribution in [-0.2, 0) is 4.79 Å². The molecular weight excluding hydrogens is 254 g/mol. The van der Waals surface area contributed by atoms with Crippen molar-refractivity contribution in [2.45, 2.75) is 26.3 Å². The molecule has 1 unspecified atom stereocenters. The van der Waals surface area contributed by atoms with Crippen molar-refractivity contribution in [1.29, 1.82) is 0 Å². The Morgan fingerprint density at radius 3 is 2.50 bits per heavy atom. The minimum absolute atomic E-state index is 0.129. The maximum Gasteiger partial charge on any atom is 0.255 e. The second-order valence-electron chi connectivity index (χ2n) is 4.98. The second kappa shape index (κ2) is 7.65. The van der Waals surface area contributed by atoms with Crippen LogP contribution >= 0.6 is 0 Å². The Hall–Kier alpha value is -1.88. The van der Waals surface area contributed by atoms with Crippen LogP contribution in [0.1, 0.15) is 30.6 Å². The number of carbonyl (C=O) groups is 2. The van der Waals surface area contributed by atoms with Crippen molar-refractivity contribution in [3.8, 4) is 0 Å². The lowest BCUT2D eigenvalue weighted by Gasteiger charge is -2.15. The molecule has 5 heteroatoms. The van der Waals surface area contributed by atoms with E-state index in [0.717, 1.165) is 6.42 Å². The molecule has 0 aliphatic carbocycles. The molecule has 5 nitrogen and oxygen atoms in total. The normalized spacial score (nSPS) is 11.8. The van der Waals surface area contributed by atoms with Gasteiger partial charge in [-0.05, 0) is 25.5 Å². The van der Waals surface area contributed by atoms with E-state index in [1.165, 1.54) is 4.90 Å². The highest BCUT2D eigenvalue weighted by molar-refractivity contribution is 6.03. The summed E-state index contributed by atoms with van der Waals surface area (Å²) in [5.41, 5.74) is 1.04. The van der Waals surface area contributed by atoms with Gasteiger partial charge in [-0.25, -0.2) is 0 Å². The molecule has 0 radical (unpaired) electrons. The third-order valence-electron chi connectivity index (χ3n) is 3.06. The van der Waals surface area contributed by atoms with Crippen LogP contribution in [0.5, 0.6) is 0 Å². The third-order valence-corrected chi connectivity index (χ3v) is 3.06. The molecule has 0 spiro atoms. The average molecular weight is 277 g/mol. The monoisotopic (exact) mass is 277 g/mol. The number of benzene rings is 1. The molecule has 0 aliphatic rings. The molecular formula is C15H23N3O2. The van der Waals surface area contributed by atoms with Crippen LogP contribution in [-0.4, -0.2) is 43.4 Å². The zero-order valence-electron chi connectivity index (χ0n) is 12.6. The van der Waals surface area contributed by atoms with Crippen LogP contribution in [0, 0.1) is 0 Å². The molecule has 2 N–H and O–H groups in total. The first-order valence-electron chi connectivity index (χ1n) is 6.79. The third kappa shape index (κ3) is 4.66. The number of hydrogen-bond acceptors (Lipinski definition) is 3. The Morgan fingerprint density at radius 2 is 1.90 bits per heavy atom. The molecule has 110 valence electrons. The number of para-hydroxylation sites is 1. The van der Waals surface area contributed by atoms with Gasteiger partial charge in [0.25, 0.3) is 5.91 Å². The van der Waals surface area contributed by atoms with E-state index < -0.39 is 0 Å². The summed E-state index contributed by atoms with van der Waals surface area (Å²) in [6.45, 7) is 4.32. The van der Waals surface area contributed by atoms with Crippen LogP contribution < -0.4 is 10.6 Å². The van der Waals surface area contributed by atoms with Gasteiger partial charge in [-0.3, -0.25) is 9.59 Å². The minimum Gasteiger partial charge on any atom is -0.345 e. The van der Waals surface area contributed by atoms with E-state index in [0.29, 0.717) is 17.3 Å². The Balaban J connectivity index is 2.72. The molecule has 0 fully saturated rings. The van der Waals surface area contributed by atoms with E-state index in [1.807, 2.05) is 6.92 Å². The fraction of sp³-hybridized carbons (Fsp3) is 0.467. The molecule has 1 aromatic rings. The summed E-state index contributed by atoms with van der Waals surface area (Å²) in [7, 11) is 3.37. The quantitative estimate of drug-likeness (QED) is 0.832. The Kier molecular flexibility index (Phi) is 6.18. The Morgan fingerprint density at radius 1 is 1.25 bits per heavy atom. The maximum atomic E-state index is 12.0. The lowest BCUT2D eigenvalue weighted by atomic mass is 10.1. The first kappa shape index (κ1) is 16.2. The van der Waals surface area contributed by atoms with Crippen LogP contribution in [0.15, 0.2) is 24.3 Å². The summed E-state index contributed by atoms with van der Waals surface area (Å²) in [6.07, 6.45) is 0.961. The standard InChI is InChI=1S/C15H23N3O2/c1-5-11(2)16-10-14(19)17-13-9-7-6-8-12(13)15(20)18(3)4/h6-9,11,16H,5,10H2,1-4H3,(H,17,19). The van der Waals surface area contributed by atoms with E-state index in [1.54, 1.807) is 38.4 Å². The molecule has 0 bridgehead atoms. The highest BCUT2D eigenvalue weighted by Crippen LogP contribution is 2.16. The summed E-state index contributed by atoms with van der Waals surface area (Å²) in [5, 5.41) is 5.89. The first-order chi connectivity index (χ1) is 9.45. The van der Waals surface area contributed by atoms with Crippen LogP contribution in [0.25, 0.3) is 0 Å². The zero-order chi connectivity index (χ0) is 15.1. The highest BCUT2D eigenvalue weighted by atomic mass is 16.2. The summed E-state index contributed by atoms with van der Waals surface area (Å²) in [6, 6.07) is 7.31. The molecule has 0 aliphatic heterocycles. The number of nitrogens with one attached hydrogen (secondary N) is 2. The van der Waals surface area contributed by atoms with Crippen LogP contribution in [0.3, 0.4) is 0 Å². The van der Waals surface area contributed by atoms with E-state index >= 15 is 0 Å². The fourth-order valence-electron chi connectivity index (χ4n) is 1.63. The van der Waals surface area contributed by atoms with Crippen LogP contribution in [0.2, 0.25) is 0 Å². The van der Waals surface area contributed by atoms with Gasteiger partial charge in [-0.15, -0.1) is 0 Å². The smallest absolute Gasteiger partial charge is 0.255 e. The average Bonchev–Trinajstić information content (AvgIpc) is 2.44. The second-order valence-corrected chi connectivity index (χ2v) is 4.98. The molecule has 0 saturated carbocycles. The van der Waals surface area contributed by atoms with Gasteiger partial charge in [0.15, 0.2) is 0 Å². The molecule has 1 atom stereocenters. The van der Waals surface area contributed by atoms with Crippen molar-refractivity contribution in [1.82, 2.24) is 10.2 Å². The number of hydrogen-bond donors (Lipinski definition) is 2. The number of amides is 2. The van der Waals surface area contributed by atoms with Gasteiger partial charge in [0, 0.05) is 20.1 Å². The van der Waals surface area contributed by atoms with E-state index in [4.69, 9.17) is 0 Å². The molecule has 0 heterocycles. The van der Waals surface area contributed by atoms with Crippen molar-refractivity contribution in [2.75, 3.05) is 26.0 Å². The number of rotatable bonds is 6. The lowest BCUT2D eigenvalue weighted by Crippen LogP contribution is -2.34. The van der Waals surface area contributed by atoms with Crippen molar-refractivity contribution in [3.63, 3.8) is 0 Å². The van der Waals surface area contributed by atoms with Gasteiger partial charge >= 0.3 is 0 Å². The van der Waals surface area contributed by atoms with Gasteiger partial charge < -0.3 is 15.5 Å². The van der Waals surface area contributed by atoms with Crippen LogP contribution in [0.4, 0.5) is 5.69 Å². The van der Waals surface area contributed by atoms with Gasteiger partial charge in [0.05, 0.1) is 17.8 Å². The molecule has 1 rings (SSSR count). The Labute approximate surface area is 120 Å². The number of nitrogens with zero attached hydrogens (tertiary/aromatic N) is 1. The topological polar surface area (TPSA) is 61.4 Å². The van der Waals surface area contributed by atoms with E-state index in [9.17, 15) is 9.59 Å². The number of anilines is 1. The fourth-order valence-corrected chi connectivity index (χ4v) is 1.63. The molecule has 0 saturated heterocycles. The summed E-state index contributed by atoms with van der Waals surface area (Å²) in [5.74, 6) is -0.278. The molecule has 1 aromatic carbocycles. The summed E-state index contributed by atoms with van der Waals surface area (Å²) in [4.78, 5) is 25.4. The van der Waals surface area contributed by atoms with E-state index in [-0.39, 0.29) is 18.4 Å². The SMILES string of the molecule is CCC(C)NCC(=O)Nc1ccccc1C(=O)N(C)C. The molecule has 20 heavy (non-hydrogen) atoms. The highest BCUT2D eigenvalue weighted by Gasteiger charge is 2.14.